The Labute approximate surface area is 148 Å². The second kappa shape index (κ2) is 17.3. The molecule has 0 amide bonds. The summed E-state index contributed by atoms with van der Waals surface area (Å²) in [6.07, 6.45) is 0. The van der Waals surface area contributed by atoms with Crippen LogP contribution in [0.4, 0.5) is 0 Å². The molecule has 140 valence electrons. The van der Waals surface area contributed by atoms with Gasteiger partial charge in [0, 0.05) is 0 Å². The second-order valence-corrected chi connectivity index (χ2v) is 3.64. The van der Waals surface area contributed by atoms with Gasteiger partial charge in [-0.15, -0.1) is 0 Å². The first-order chi connectivity index (χ1) is 12.4. The molecule has 0 unspecified atom stereocenters. The zero-order valence-electron chi connectivity index (χ0n) is 13.6. The molecule has 0 radical (unpaired) electrons. The zero-order valence-corrected chi connectivity index (χ0v) is 13.6. The summed E-state index contributed by atoms with van der Waals surface area (Å²) < 4.78 is 0. The van der Waals surface area contributed by atoms with E-state index >= 15 is 0 Å². The van der Waals surface area contributed by atoms with Gasteiger partial charge in [-0.05, 0) is 24.3 Å². The minimum atomic E-state index is -1.11. The maximum atomic E-state index is 10.3. The third-order valence-electron chi connectivity index (χ3n) is 2.27. The van der Waals surface area contributed by atoms with Crippen LogP contribution in [-0.4, -0.2) is 52.7 Å². The van der Waals surface area contributed by atoms with Gasteiger partial charge in [-0.25, -0.2) is 9.59 Å². The van der Waals surface area contributed by atoms with Gasteiger partial charge in [0.15, 0.2) is 0 Å². The number of benzene rings is 2. The average molecular weight is 366 g/mol. The van der Waals surface area contributed by atoms with E-state index in [9.17, 15) is 9.59 Å². The minimum Gasteiger partial charge on any atom is -0.507 e. The zero-order chi connectivity index (χ0) is 21.1. The highest BCUT2D eigenvalue weighted by Gasteiger charge is 2.06. The maximum absolute atomic E-state index is 10.3. The average Bonchev–Trinajstić information content (AvgIpc) is 2.67. The molecule has 26 heavy (non-hydrogen) atoms. The number of hydrogen-bond donors (Lipinski definition) is 4. The Morgan fingerprint density at radius 1 is 0.577 bits per heavy atom. The van der Waals surface area contributed by atoms with Crippen molar-refractivity contribution in [2.24, 2.45) is 0 Å². The third-order valence-corrected chi connectivity index (χ3v) is 2.27. The molecule has 0 aliphatic rings. The van der Waals surface area contributed by atoms with E-state index in [-0.39, 0.29) is 22.6 Å². The Hall–Kier alpha value is -4.01. The second-order valence-electron chi connectivity index (χ2n) is 3.64. The van der Waals surface area contributed by atoms with Crippen LogP contribution >= 0.6 is 0 Å². The first kappa shape index (κ1) is 26.9. The number of carboxylic acids is 2. The third kappa shape index (κ3) is 10.7. The molecule has 2 rings (SSSR count). The van der Waals surface area contributed by atoms with Gasteiger partial charge < -0.3 is 34.8 Å². The number of aromatic carboxylic acids is 2. The van der Waals surface area contributed by atoms with Crippen molar-refractivity contribution in [1.29, 1.82) is 0 Å². The molecule has 0 aromatic heterocycles. The Bertz CT molecular complexity index is 611. The van der Waals surface area contributed by atoms with Gasteiger partial charge in [0.2, 0.25) is 0 Å². The summed E-state index contributed by atoms with van der Waals surface area (Å²) in [7, 11) is 0. The summed E-state index contributed by atoms with van der Waals surface area (Å²) >= 11 is 0. The van der Waals surface area contributed by atoms with Crippen molar-refractivity contribution >= 4 is 32.3 Å². The fourth-order valence-electron chi connectivity index (χ4n) is 1.31. The van der Waals surface area contributed by atoms with Crippen LogP contribution in [0.3, 0.4) is 0 Å². The molecular formula is C17H18O9. The van der Waals surface area contributed by atoms with Crippen LogP contribution in [0.1, 0.15) is 20.7 Å². The van der Waals surface area contributed by atoms with Gasteiger partial charge in [0.1, 0.15) is 43.0 Å². The molecule has 0 aliphatic carbocycles. The van der Waals surface area contributed by atoms with Gasteiger partial charge in [-0.3, -0.25) is 0 Å². The van der Waals surface area contributed by atoms with E-state index in [4.69, 9.17) is 34.8 Å². The molecule has 9 heteroatoms. The maximum Gasteiger partial charge on any atom is 0.339 e. The van der Waals surface area contributed by atoms with Gasteiger partial charge in [0.05, 0.1) is 0 Å². The first-order valence-corrected chi connectivity index (χ1v) is 6.32. The quantitative estimate of drug-likeness (QED) is 0.617. The largest absolute Gasteiger partial charge is 0.507 e. The molecule has 0 fully saturated rings. The van der Waals surface area contributed by atoms with Crippen LogP contribution < -0.4 is 0 Å². The van der Waals surface area contributed by atoms with Crippen molar-refractivity contribution in [2.45, 2.75) is 0 Å². The van der Waals surface area contributed by atoms with Crippen molar-refractivity contribution in [1.82, 2.24) is 0 Å². The van der Waals surface area contributed by atoms with E-state index in [1.165, 1.54) is 24.3 Å². The molecule has 0 saturated carbocycles. The molecule has 9 nitrogen and oxygen atoms in total. The van der Waals surface area contributed by atoms with E-state index in [0.717, 1.165) is 0 Å². The summed E-state index contributed by atoms with van der Waals surface area (Å²) in [5.41, 5.74) is -0.134. The fraction of sp³-hybridized carbons (Fsp3) is 0. The molecule has 4 N–H and O–H groups in total. The number of phenols is 2. The van der Waals surface area contributed by atoms with Gasteiger partial charge in [0.25, 0.3) is 0 Å². The molecule has 0 atom stereocenters. The molecule has 0 saturated heterocycles. The van der Waals surface area contributed by atoms with Crippen molar-refractivity contribution < 1.29 is 44.4 Å². The smallest absolute Gasteiger partial charge is 0.339 e. The monoisotopic (exact) mass is 366 g/mol. The summed E-state index contributed by atoms with van der Waals surface area (Å²) in [4.78, 5) is 44.5. The highest BCUT2D eigenvalue weighted by Crippen LogP contribution is 2.15. The van der Waals surface area contributed by atoms with E-state index in [1.54, 1.807) is 24.3 Å². The molecular weight excluding hydrogens is 348 g/mol. The molecule has 0 aliphatic heterocycles. The summed E-state index contributed by atoms with van der Waals surface area (Å²) in [6, 6.07) is 11.6. The Kier molecular flexibility index (Phi) is 17.9. The normalized spacial score (nSPS) is 7.54. The number of carboxylic acid groups (broad SMARTS) is 2. The SMILES string of the molecule is C=O.C=O.C=O.O=C(O)c1ccccc1O.O=C(O)c1ccccc1O. The number of carbonyl (C=O) groups is 5. The molecule has 2 aromatic carbocycles. The number of para-hydroxylation sites is 2. The van der Waals surface area contributed by atoms with E-state index in [1.807, 2.05) is 20.4 Å². The van der Waals surface area contributed by atoms with Crippen LogP contribution in [0.25, 0.3) is 0 Å². The van der Waals surface area contributed by atoms with Crippen molar-refractivity contribution in [3.63, 3.8) is 0 Å². The fourth-order valence-corrected chi connectivity index (χ4v) is 1.31. The van der Waals surface area contributed by atoms with Crippen LogP contribution in [0.2, 0.25) is 0 Å². The molecule has 0 bridgehead atoms. The van der Waals surface area contributed by atoms with Crippen LogP contribution in [0.5, 0.6) is 11.5 Å². The molecule has 0 spiro atoms. The lowest BCUT2D eigenvalue weighted by molar-refractivity contribution is -0.0987. The van der Waals surface area contributed by atoms with Crippen molar-refractivity contribution in [3.8, 4) is 11.5 Å². The van der Waals surface area contributed by atoms with Gasteiger partial charge in [-0.1, -0.05) is 24.3 Å². The van der Waals surface area contributed by atoms with E-state index in [0.29, 0.717) is 0 Å². The van der Waals surface area contributed by atoms with E-state index < -0.39 is 11.9 Å². The minimum absolute atomic E-state index is 0.0671. The van der Waals surface area contributed by atoms with Gasteiger partial charge in [-0.2, -0.15) is 0 Å². The summed E-state index contributed by atoms with van der Waals surface area (Å²) in [5, 5.41) is 34.6. The molecule has 2 aromatic rings. The highest BCUT2D eigenvalue weighted by molar-refractivity contribution is 5.91. The van der Waals surface area contributed by atoms with Crippen LogP contribution in [0, 0.1) is 0 Å². The Morgan fingerprint density at radius 3 is 0.962 bits per heavy atom. The van der Waals surface area contributed by atoms with Gasteiger partial charge >= 0.3 is 11.9 Å². The number of aromatic hydroxyl groups is 2. The van der Waals surface area contributed by atoms with E-state index in [2.05, 4.69) is 0 Å². The standard InChI is InChI=1S/2C7H6O3.3CH2O/c2*8-6-4-2-1-3-5(6)7(9)10;3*1-2/h2*1-4,8H,(H,9,10);3*1H2. The van der Waals surface area contributed by atoms with Crippen molar-refractivity contribution in [3.05, 3.63) is 59.7 Å². The topological polar surface area (TPSA) is 166 Å². The summed E-state index contributed by atoms with van der Waals surface area (Å²) in [5.74, 6) is -2.62. The molecule has 0 heterocycles. The lowest BCUT2D eigenvalue weighted by Crippen LogP contribution is -1.95. The predicted octanol–water partition coefficient (Wildman–Crippen LogP) is 1.63. The number of hydrogen-bond acceptors (Lipinski definition) is 7. The van der Waals surface area contributed by atoms with Crippen LogP contribution in [0.15, 0.2) is 48.5 Å². The number of carbonyl (C=O) groups excluding carboxylic acids is 3. The van der Waals surface area contributed by atoms with Crippen molar-refractivity contribution in [2.75, 3.05) is 0 Å². The Morgan fingerprint density at radius 2 is 0.808 bits per heavy atom. The Balaban J connectivity index is -0.000000316. The lowest BCUT2D eigenvalue weighted by atomic mass is 10.2. The highest BCUT2D eigenvalue weighted by atomic mass is 16.4. The first-order valence-electron chi connectivity index (χ1n) is 6.32. The number of rotatable bonds is 2. The summed E-state index contributed by atoms with van der Waals surface area (Å²) in [6.45, 7) is 6.00. The predicted molar refractivity (Wildman–Crippen MR) is 91.5 cm³/mol. The van der Waals surface area contributed by atoms with Crippen LogP contribution in [-0.2, 0) is 14.4 Å². The lowest BCUT2D eigenvalue weighted by Gasteiger charge is -1.95.